The molecule has 4 fully saturated rings. The second-order valence-electron chi connectivity index (χ2n) is 9.54. The summed E-state index contributed by atoms with van der Waals surface area (Å²) in [5.74, 6) is 1.74. The molecule has 3 unspecified atom stereocenters. The zero-order chi connectivity index (χ0) is 20.4. The maximum Gasteiger partial charge on any atom is 0.457 e. The summed E-state index contributed by atoms with van der Waals surface area (Å²) in [6.07, 6.45) is 4.05. The Kier molecular flexibility index (Phi) is 4.88. The van der Waals surface area contributed by atoms with Crippen LogP contribution in [0.15, 0.2) is 6.07 Å². The molecule has 1 heterocycles. The molecule has 1 aromatic rings. The van der Waals surface area contributed by atoms with E-state index in [0.29, 0.717) is 27.7 Å². The van der Waals surface area contributed by atoms with Crippen molar-refractivity contribution in [3.8, 4) is 5.75 Å². The van der Waals surface area contributed by atoms with Gasteiger partial charge >= 0.3 is 7.12 Å². The highest BCUT2D eigenvalue weighted by molar-refractivity contribution is 6.45. The van der Waals surface area contributed by atoms with Crippen molar-refractivity contribution in [1.29, 1.82) is 0 Å². The SMILES string of the molecule is COc1c(Cl)cc(CCB2OC3CC4CC(C4(C)C)[C@]3(C)O2)c(C)c1C(C)=O. The normalized spacial score (nSPS) is 32.7. The quantitative estimate of drug-likeness (QED) is 0.504. The highest BCUT2D eigenvalue weighted by Crippen LogP contribution is 2.65. The maximum atomic E-state index is 12.1. The third kappa shape index (κ3) is 2.85. The van der Waals surface area contributed by atoms with Gasteiger partial charge in [0.05, 0.1) is 29.4 Å². The highest BCUT2D eigenvalue weighted by Gasteiger charge is 2.67. The number of ether oxygens (including phenoxy) is 1. The Balaban J connectivity index is 1.50. The summed E-state index contributed by atoms with van der Waals surface area (Å²) in [4.78, 5) is 12.1. The number of hydrogen-bond acceptors (Lipinski definition) is 4. The van der Waals surface area contributed by atoms with Crippen molar-refractivity contribution in [2.75, 3.05) is 7.11 Å². The van der Waals surface area contributed by atoms with E-state index in [-0.39, 0.29) is 24.6 Å². The molecule has 4 atom stereocenters. The minimum atomic E-state index is -0.203. The number of hydrogen-bond donors (Lipinski definition) is 0. The van der Waals surface area contributed by atoms with E-state index in [1.165, 1.54) is 6.42 Å². The maximum absolute atomic E-state index is 12.1. The van der Waals surface area contributed by atoms with Crippen LogP contribution in [0, 0.1) is 24.2 Å². The minimum Gasteiger partial charge on any atom is -0.494 e. The predicted octanol–water partition coefficient (Wildman–Crippen LogP) is 5.13. The van der Waals surface area contributed by atoms with Crippen LogP contribution in [0.25, 0.3) is 0 Å². The molecule has 1 aromatic carbocycles. The summed E-state index contributed by atoms with van der Waals surface area (Å²) in [5.41, 5.74) is 2.72. The van der Waals surface area contributed by atoms with Gasteiger partial charge in [-0.3, -0.25) is 4.79 Å². The van der Waals surface area contributed by atoms with Gasteiger partial charge in [0.1, 0.15) is 5.75 Å². The molecule has 4 nitrogen and oxygen atoms in total. The number of halogens is 1. The average molecular weight is 405 g/mol. The van der Waals surface area contributed by atoms with Crippen molar-refractivity contribution >= 4 is 24.5 Å². The lowest BCUT2D eigenvalue weighted by atomic mass is 9.43. The fourth-order valence-corrected chi connectivity index (χ4v) is 6.31. The smallest absolute Gasteiger partial charge is 0.457 e. The predicted molar refractivity (Wildman–Crippen MR) is 111 cm³/mol. The van der Waals surface area contributed by atoms with Crippen molar-refractivity contribution in [1.82, 2.24) is 0 Å². The van der Waals surface area contributed by atoms with E-state index in [0.717, 1.165) is 36.2 Å². The number of benzene rings is 1. The number of carbonyl (C=O) groups excluding carboxylic acids is 1. The fraction of sp³-hybridized carbons (Fsp3) is 0.682. The van der Waals surface area contributed by atoms with Gasteiger partial charge in [-0.1, -0.05) is 25.4 Å². The van der Waals surface area contributed by atoms with E-state index in [1.807, 2.05) is 13.0 Å². The lowest BCUT2D eigenvalue weighted by Gasteiger charge is -2.64. The third-order valence-electron chi connectivity index (χ3n) is 7.81. The van der Waals surface area contributed by atoms with E-state index in [2.05, 4.69) is 20.8 Å². The Morgan fingerprint density at radius 2 is 2.07 bits per heavy atom. The Morgan fingerprint density at radius 1 is 1.36 bits per heavy atom. The van der Waals surface area contributed by atoms with Gasteiger partial charge in [0.2, 0.25) is 0 Å². The zero-order valence-electron chi connectivity index (χ0n) is 17.7. The van der Waals surface area contributed by atoms with Crippen LogP contribution in [0.2, 0.25) is 11.3 Å². The first-order valence-electron chi connectivity index (χ1n) is 10.3. The molecule has 3 saturated carbocycles. The van der Waals surface area contributed by atoms with Crippen LogP contribution >= 0.6 is 11.6 Å². The van der Waals surface area contributed by atoms with E-state index >= 15 is 0 Å². The summed E-state index contributed by atoms with van der Waals surface area (Å²) < 4.78 is 18.2. The van der Waals surface area contributed by atoms with Crippen molar-refractivity contribution in [3.63, 3.8) is 0 Å². The van der Waals surface area contributed by atoms with E-state index < -0.39 is 0 Å². The van der Waals surface area contributed by atoms with Gasteiger partial charge in [0, 0.05) is 0 Å². The molecule has 2 bridgehead atoms. The number of rotatable bonds is 5. The van der Waals surface area contributed by atoms with Crippen LogP contribution in [-0.4, -0.2) is 31.7 Å². The molecule has 0 radical (unpaired) electrons. The monoisotopic (exact) mass is 404 g/mol. The van der Waals surface area contributed by atoms with E-state index in [9.17, 15) is 4.79 Å². The lowest BCUT2D eigenvalue weighted by Crippen LogP contribution is -2.65. The standard InChI is InChI=1S/C22H30BClO4/c1-12-14(9-16(24)20(26-6)19(12)13(2)25)7-8-23-27-18-11-15-10-17(21(15,3)4)22(18,5)28-23/h9,15,17-18H,7-8,10-11H2,1-6H3/t15?,17?,18?,22-/m0/s1. The first-order chi connectivity index (χ1) is 13.1. The van der Waals surface area contributed by atoms with Crippen LogP contribution in [0.5, 0.6) is 5.75 Å². The molecule has 0 aromatic heterocycles. The molecule has 0 N–H and O–H groups in total. The van der Waals surface area contributed by atoms with Gasteiger partial charge in [0.15, 0.2) is 5.78 Å². The van der Waals surface area contributed by atoms with Gasteiger partial charge in [-0.2, -0.15) is 0 Å². The van der Waals surface area contributed by atoms with E-state index in [4.69, 9.17) is 25.6 Å². The fourth-order valence-electron chi connectivity index (χ4n) is 6.01. The van der Waals surface area contributed by atoms with Crippen LogP contribution < -0.4 is 4.74 Å². The number of Topliss-reactive ketones (excluding diaryl/α,β-unsaturated/α-hetero) is 1. The molecule has 4 aliphatic rings. The highest BCUT2D eigenvalue weighted by atomic mass is 35.5. The van der Waals surface area contributed by atoms with Gasteiger partial charge in [0.25, 0.3) is 0 Å². The number of methoxy groups -OCH3 is 1. The van der Waals surface area contributed by atoms with Gasteiger partial charge < -0.3 is 14.0 Å². The number of aryl methyl sites for hydroxylation is 1. The molecule has 28 heavy (non-hydrogen) atoms. The van der Waals surface area contributed by atoms with Crippen molar-refractivity contribution in [2.24, 2.45) is 17.3 Å². The minimum absolute atomic E-state index is 0.0352. The summed E-state index contributed by atoms with van der Waals surface area (Å²) >= 11 is 6.38. The molecule has 3 aliphatic carbocycles. The first kappa shape index (κ1) is 20.2. The molecule has 1 saturated heterocycles. The number of carbonyl (C=O) groups is 1. The van der Waals surface area contributed by atoms with Crippen LogP contribution in [0.4, 0.5) is 0 Å². The molecule has 6 heteroatoms. The van der Waals surface area contributed by atoms with Crippen molar-refractivity contribution < 1.29 is 18.8 Å². The summed E-state index contributed by atoms with van der Waals surface area (Å²) in [6, 6.07) is 1.91. The Bertz CT molecular complexity index is 823. The third-order valence-corrected chi connectivity index (χ3v) is 8.09. The summed E-state index contributed by atoms with van der Waals surface area (Å²) in [6.45, 7) is 10.5. The largest absolute Gasteiger partial charge is 0.494 e. The second kappa shape index (κ2) is 6.75. The Hall–Kier alpha value is -1.04. The Morgan fingerprint density at radius 3 is 2.68 bits per heavy atom. The summed E-state index contributed by atoms with van der Waals surface area (Å²) in [5, 5.41) is 0.477. The van der Waals surface area contributed by atoms with Crippen LogP contribution in [0.3, 0.4) is 0 Å². The lowest BCUT2D eigenvalue weighted by molar-refractivity contribution is -0.199. The van der Waals surface area contributed by atoms with Crippen molar-refractivity contribution in [2.45, 2.75) is 71.9 Å². The van der Waals surface area contributed by atoms with Crippen molar-refractivity contribution in [3.05, 3.63) is 27.8 Å². The van der Waals surface area contributed by atoms with Gasteiger partial charge in [-0.15, -0.1) is 0 Å². The second-order valence-corrected chi connectivity index (χ2v) is 9.95. The zero-order valence-corrected chi connectivity index (χ0v) is 18.5. The summed E-state index contributed by atoms with van der Waals surface area (Å²) in [7, 11) is 1.34. The van der Waals surface area contributed by atoms with Gasteiger partial charge in [-0.05, 0) is 80.8 Å². The topological polar surface area (TPSA) is 44.8 Å². The molecular weight excluding hydrogens is 375 g/mol. The molecular formula is C22H30BClO4. The molecule has 0 amide bonds. The van der Waals surface area contributed by atoms with Gasteiger partial charge in [-0.25, -0.2) is 0 Å². The average Bonchev–Trinajstić information content (AvgIpc) is 2.97. The number of ketones is 1. The Labute approximate surface area is 173 Å². The van der Waals surface area contributed by atoms with Crippen LogP contribution in [0.1, 0.15) is 62.0 Å². The first-order valence-corrected chi connectivity index (χ1v) is 10.7. The van der Waals surface area contributed by atoms with E-state index in [1.54, 1.807) is 14.0 Å². The molecule has 152 valence electrons. The molecule has 5 rings (SSSR count). The molecule has 0 spiro atoms. The molecule has 1 aliphatic heterocycles. The van der Waals surface area contributed by atoms with Crippen LogP contribution in [-0.2, 0) is 15.7 Å².